The molecule has 4 heteroatoms. The zero-order chi connectivity index (χ0) is 10.7. The number of nitrogens with zero attached hydrogens (tertiary/aromatic N) is 2. The molecule has 80 valence electrons. The minimum atomic E-state index is 0.754. The Labute approximate surface area is 94.1 Å². The Balaban J connectivity index is 2.21. The molecule has 0 atom stereocenters. The van der Waals surface area contributed by atoms with Gasteiger partial charge in [-0.05, 0) is 32.1 Å². The van der Waals surface area contributed by atoms with Crippen LogP contribution in [0.2, 0.25) is 5.02 Å². The van der Waals surface area contributed by atoms with Crippen molar-refractivity contribution in [3.05, 3.63) is 35.4 Å². The highest BCUT2D eigenvalue weighted by Gasteiger charge is 2.02. The van der Waals surface area contributed by atoms with Crippen LogP contribution in [-0.4, -0.2) is 23.0 Å². The molecule has 1 N–H and O–H groups in total. The second kappa shape index (κ2) is 4.64. The molecule has 0 unspecified atom stereocenters. The number of hydrogen-bond donors (Lipinski definition) is 1. The number of aryl methyl sites for hydroxylation is 1. The highest BCUT2D eigenvalue weighted by molar-refractivity contribution is 6.30. The van der Waals surface area contributed by atoms with Crippen LogP contribution in [0.4, 0.5) is 0 Å². The Morgan fingerprint density at radius 2 is 2.40 bits per heavy atom. The molecule has 2 aromatic heterocycles. The van der Waals surface area contributed by atoms with Crippen molar-refractivity contribution in [1.82, 2.24) is 14.7 Å². The van der Waals surface area contributed by atoms with Crippen LogP contribution >= 0.6 is 11.6 Å². The molecular formula is C11H14ClN3. The van der Waals surface area contributed by atoms with Gasteiger partial charge in [-0.3, -0.25) is 0 Å². The number of pyridine rings is 1. The Morgan fingerprint density at radius 1 is 1.53 bits per heavy atom. The van der Waals surface area contributed by atoms with E-state index in [9.17, 15) is 0 Å². The van der Waals surface area contributed by atoms with Crippen molar-refractivity contribution in [2.45, 2.75) is 12.8 Å². The minimum Gasteiger partial charge on any atom is -0.320 e. The third kappa shape index (κ3) is 2.30. The molecule has 0 aromatic carbocycles. The summed E-state index contributed by atoms with van der Waals surface area (Å²) >= 11 is 5.90. The Bertz CT molecular complexity index is 450. The third-order valence-corrected chi connectivity index (χ3v) is 2.63. The number of rotatable bonds is 4. The zero-order valence-corrected chi connectivity index (χ0v) is 9.46. The van der Waals surface area contributed by atoms with E-state index in [2.05, 4.69) is 14.7 Å². The van der Waals surface area contributed by atoms with Crippen molar-refractivity contribution in [3.63, 3.8) is 0 Å². The van der Waals surface area contributed by atoms with Crippen LogP contribution in [0.5, 0.6) is 0 Å². The molecule has 0 aliphatic rings. The molecule has 15 heavy (non-hydrogen) atoms. The van der Waals surface area contributed by atoms with E-state index in [1.165, 1.54) is 0 Å². The molecule has 2 heterocycles. The first kappa shape index (κ1) is 10.5. The van der Waals surface area contributed by atoms with E-state index in [4.69, 9.17) is 11.6 Å². The number of hydrogen-bond acceptors (Lipinski definition) is 2. The van der Waals surface area contributed by atoms with E-state index in [1.54, 1.807) is 0 Å². The first-order valence-corrected chi connectivity index (χ1v) is 5.45. The predicted octanol–water partition coefficient (Wildman–Crippen LogP) is 2.14. The fourth-order valence-corrected chi connectivity index (χ4v) is 1.80. The molecule has 0 saturated heterocycles. The molecule has 0 fully saturated rings. The van der Waals surface area contributed by atoms with E-state index in [0.717, 1.165) is 35.8 Å². The van der Waals surface area contributed by atoms with Crippen LogP contribution in [-0.2, 0) is 6.42 Å². The highest BCUT2D eigenvalue weighted by Crippen LogP contribution is 2.14. The van der Waals surface area contributed by atoms with Gasteiger partial charge in [-0.1, -0.05) is 11.6 Å². The molecule has 0 radical (unpaired) electrons. The van der Waals surface area contributed by atoms with Gasteiger partial charge in [-0.15, -0.1) is 0 Å². The number of nitrogens with one attached hydrogen (secondary N) is 1. The molecule has 0 bridgehead atoms. The predicted molar refractivity (Wildman–Crippen MR) is 62.4 cm³/mol. The highest BCUT2D eigenvalue weighted by atomic mass is 35.5. The quantitative estimate of drug-likeness (QED) is 0.805. The summed E-state index contributed by atoms with van der Waals surface area (Å²) in [6, 6.07) is 3.81. The van der Waals surface area contributed by atoms with Crippen LogP contribution in [0.1, 0.15) is 12.2 Å². The second-order valence-electron chi connectivity index (χ2n) is 3.52. The average molecular weight is 224 g/mol. The van der Waals surface area contributed by atoms with Crippen LogP contribution < -0.4 is 5.32 Å². The lowest BCUT2D eigenvalue weighted by atomic mass is 10.3. The molecule has 0 spiro atoms. The smallest absolute Gasteiger partial charge is 0.113 e. The molecule has 2 aromatic rings. The van der Waals surface area contributed by atoms with Gasteiger partial charge in [0, 0.05) is 17.6 Å². The lowest BCUT2D eigenvalue weighted by Gasteiger charge is -2.01. The zero-order valence-electron chi connectivity index (χ0n) is 8.70. The van der Waals surface area contributed by atoms with E-state index in [-0.39, 0.29) is 0 Å². The summed E-state index contributed by atoms with van der Waals surface area (Å²) in [4.78, 5) is 4.38. The summed E-state index contributed by atoms with van der Waals surface area (Å²) in [7, 11) is 1.96. The number of halogens is 1. The van der Waals surface area contributed by atoms with E-state index in [0.29, 0.717) is 0 Å². The van der Waals surface area contributed by atoms with Crippen molar-refractivity contribution < 1.29 is 0 Å². The number of imidazole rings is 1. The number of fused-ring (bicyclic) bond motifs is 1. The monoisotopic (exact) mass is 223 g/mol. The summed E-state index contributed by atoms with van der Waals surface area (Å²) < 4.78 is 2.08. The average Bonchev–Trinajstić information content (AvgIpc) is 2.61. The summed E-state index contributed by atoms with van der Waals surface area (Å²) in [5.41, 5.74) is 1.06. The third-order valence-electron chi connectivity index (χ3n) is 2.40. The first-order valence-electron chi connectivity index (χ1n) is 5.07. The van der Waals surface area contributed by atoms with Crippen molar-refractivity contribution in [2.75, 3.05) is 13.6 Å². The first-order chi connectivity index (χ1) is 7.31. The lowest BCUT2D eigenvalue weighted by Crippen LogP contribution is -2.09. The molecule has 0 saturated carbocycles. The lowest BCUT2D eigenvalue weighted by molar-refractivity contribution is 0.701. The van der Waals surface area contributed by atoms with Crippen molar-refractivity contribution in [3.8, 4) is 0 Å². The molecule has 3 nitrogen and oxygen atoms in total. The summed E-state index contributed by atoms with van der Waals surface area (Å²) in [5.74, 6) is 1.09. The van der Waals surface area contributed by atoms with Crippen LogP contribution in [0.25, 0.3) is 5.52 Å². The van der Waals surface area contributed by atoms with E-state index >= 15 is 0 Å². The van der Waals surface area contributed by atoms with Gasteiger partial charge in [-0.25, -0.2) is 4.98 Å². The summed E-state index contributed by atoms with van der Waals surface area (Å²) in [5, 5.41) is 3.88. The van der Waals surface area contributed by atoms with Crippen LogP contribution in [0.3, 0.4) is 0 Å². The molecular weight excluding hydrogens is 210 g/mol. The van der Waals surface area contributed by atoms with Gasteiger partial charge in [0.25, 0.3) is 0 Å². The fourth-order valence-electron chi connectivity index (χ4n) is 1.64. The summed E-state index contributed by atoms with van der Waals surface area (Å²) in [6.07, 6.45) is 5.91. The Morgan fingerprint density at radius 3 is 3.20 bits per heavy atom. The topological polar surface area (TPSA) is 29.3 Å². The van der Waals surface area contributed by atoms with Crippen molar-refractivity contribution >= 4 is 17.1 Å². The van der Waals surface area contributed by atoms with Gasteiger partial charge < -0.3 is 9.72 Å². The maximum absolute atomic E-state index is 5.90. The summed E-state index contributed by atoms with van der Waals surface area (Å²) in [6.45, 7) is 1.02. The maximum atomic E-state index is 5.90. The second-order valence-corrected chi connectivity index (χ2v) is 3.96. The molecule has 0 aliphatic carbocycles. The minimum absolute atomic E-state index is 0.754. The van der Waals surface area contributed by atoms with Gasteiger partial charge in [-0.2, -0.15) is 0 Å². The normalized spacial score (nSPS) is 11.1. The van der Waals surface area contributed by atoms with Crippen LogP contribution in [0, 0.1) is 0 Å². The van der Waals surface area contributed by atoms with E-state index in [1.807, 2.05) is 31.6 Å². The van der Waals surface area contributed by atoms with Gasteiger partial charge in [0.2, 0.25) is 0 Å². The van der Waals surface area contributed by atoms with E-state index < -0.39 is 0 Å². The van der Waals surface area contributed by atoms with Gasteiger partial charge in [0.05, 0.1) is 11.7 Å². The molecule has 2 rings (SSSR count). The van der Waals surface area contributed by atoms with Gasteiger partial charge >= 0.3 is 0 Å². The largest absolute Gasteiger partial charge is 0.320 e. The van der Waals surface area contributed by atoms with Crippen LogP contribution in [0.15, 0.2) is 24.5 Å². The standard InChI is InChI=1S/C11H14ClN3/c1-13-5-2-3-11-14-8-10-7-9(12)4-6-15(10)11/h4,6-8,13H,2-3,5H2,1H3. The molecule has 0 amide bonds. The Hall–Kier alpha value is -1.06. The van der Waals surface area contributed by atoms with Gasteiger partial charge in [0.1, 0.15) is 5.82 Å². The fraction of sp³-hybridized carbons (Fsp3) is 0.364. The number of aromatic nitrogens is 2. The Kier molecular flexibility index (Phi) is 3.23. The molecule has 0 aliphatic heterocycles. The SMILES string of the molecule is CNCCCc1ncc2cc(Cl)ccn12. The van der Waals surface area contributed by atoms with Crippen molar-refractivity contribution in [1.29, 1.82) is 0 Å². The van der Waals surface area contributed by atoms with Crippen molar-refractivity contribution in [2.24, 2.45) is 0 Å². The maximum Gasteiger partial charge on any atom is 0.113 e. The van der Waals surface area contributed by atoms with Gasteiger partial charge in [0.15, 0.2) is 0 Å².